The van der Waals surface area contributed by atoms with E-state index in [0.717, 1.165) is 16.0 Å². The topological polar surface area (TPSA) is 81.4 Å². The van der Waals surface area contributed by atoms with Crippen LogP contribution in [0.15, 0.2) is 47.4 Å². The molecule has 0 saturated heterocycles. The fourth-order valence-electron chi connectivity index (χ4n) is 2.86. The monoisotopic (exact) mass is 378 g/mol. The highest BCUT2D eigenvalue weighted by Gasteiger charge is 2.40. The molecule has 5 nitrogen and oxygen atoms in total. The Hall–Kier alpha value is -2.88. The van der Waals surface area contributed by atoms with Gasteiger partial charge in [0, 0.05) is 5.75 Å². The van der Waals surface area contributed by atoms with Gasteiger partial charge in [-0.15, -0.1) is 11.8 Å². The number of benzene rings is 2. The van der Waals surface area contributed by atoms with E-state index in [-0.39, 0.29) is 6.61 Å². The molecule has 1 heterocycles. The number of amides is 2. The minimum Gasteiger partial charge on any atom is -0.396 e. The van der Waals surface area contributed by atoms with Crippen LogP contribution in [0, 0.1) is 25.2 Å². The zero-order chi connectivity index (χ0) is 19.6. The normalized spacial score (nSPS) is 14.1. The molecule has 0 fully saturated rings. The summed E-state index contributed by atoms with van der Waals surface area (Å²) < 4.78 is 0. The number of nitriles is 1. The molecule has 0 aromatic heterocycles. The third kappa shape index (κ3) is 3.52. The van der Waals surface area contributed by atoms with E-state index in [9.17, 15) is 14.7 Å². The molecule has 6 heteroatoms. The van der Waals surface area contributed by atoms with Crippen LogP contribution in [0.25, 0.3) is 5.57 Å². The van der Waals surface area contributed by atoms with E-state index in [1.807, 2.05) is 38.1 Å². The number of carbonyl (C=O) groups is 2. The van der Waals surface area contributed by atoms with Crippen molar-refractivity contribution in [2.45, 2.75) is 13.8 Å². The lowest BCUT2D eigenvalue weighted by atomic mass is 10.0. The summed E-state index contributed by atoms with van der Waals surface area (Å²) in [5.74, 6) is -0.478. The van der Waals surface area contributed by atoms with Crippen LogP contribution in [0.2, 0.25) is 0 Å². The quantitative estimate of drug-likeness (QED) is 0.808. The smallest absolute Gasteiger partial charge is 0.272 e. The number of aryl methyl sites for hydroxylation is 2. The number of thioether (sulfide) groups is 1. The van der Waals surface area contributed by atoms with Crippen LogP contribution in [0.4, 0.5) is 5.69 Å². The second-order valence-electron chi connectivity index (χ2n) is 6.18. The van der Waals surface area contributed by atoms with Gasteiger partial charge in [0.05, 0.1) is 34.4 Å². The van der Waals surface area contributed by atoms with Crippen LogP contribution in [0.5, 0.6) is 0 Å². The lowest BCUT2D eigenvalue weighted by Gasteiger charge is -2.15. The first-order valence-corrected chi connectivity index (χ1v) is 9.41. The highest BCUT2D eigenvalue weighted by molar-refractivity contribution is 8.04. The highest BCUT2D eigenvalue weighted by atomic mass is 32.2. The predicted octanol–water partition coefficient (Wildman–Crippen LogP) is 3.19. The van der Waals surface area contributed by atoms with E-state index < -0.39 is 11.8 Å². The van der Waals surface area contributed by atoms with Crippen LogP contribution in [-0.2, 0) is 9.59 Å². The lowest BCUT2D eigenvalue weighted by Crippen LogP contribution is -2.31. The second-order valence-corrected chi connectivity index (χ2v) is 7.28. The number of anilines is 1. The van der Waals surface area contributed by atoms with E-state index >= 15 is 0 Å². The minimum absolute atomic E-state index is 0.0906. The summed E-state index contributed by atoms with van der Waals surface area (Å²) in [5, 5.41) is 18.1. The van der Waals surface area contributed by atoms with Gasteiger partial charge in [0.1, 0.15) is 0 Å². The van der Waals surface area contributed by atoms with Crippen molar-refractivity contribution in [1.82, 2.24) is 0 Å². The summed E-state index contributed by atoms with van der Waals surface area (Å²) in [6, 6.07) is 14.0. The van der Waals surface area contributed by atoms with Crippen molar-refractivity contribution in [2.75, 3.05) is 17.3 Å². The van der Waals surface area contributed by atoms with Gasteiger partial charge in [0.2, 0.25) is 0 Å². The van der Waals surface area contributed by atoms with Gasteiger partial charge in [-0.25, -0.2) is 4.90 Å². The van der Waals surface area contributed by atoms with Crippen LogP contribution in [-0.4, -0.2) is 29.3 Å². The van der Waals surface area contributed by atoms with Gasteiger partial charge in [0.25, 0.3) is 11.8 Å². The molecule has 2 amide bonds. The maximum Gasteiger partial charge on any atom is 0.272 e. The third-order valence-electron chi connectivity index (χ3n) is 4.43. The van der Waals surface area contributed by atoms with E-state index in [0.29, 0.717) is 33.0 Å². The highest BCUT2D eigenvalue weighted by Crippen LogP contribution is 2.38. The van der Waals surface area contributed by atoms with E-state index in [4.69, 9.17) is 5.26 Å². The van der Waals surface area contributed by atoms with Crippen LogP contribution in [0.3, 0.4) is 0 Å². The van der Waals surface area contributed by atoms with Gasteiger partial charge in [0.15, 0.2) is 0 Å². The lowest BCUT2D eigenvalue weighted by molar-refractivity contribution is -0.119. The Morgan fingerprint density at radius 3 is 2.33 bits per heavy atom. The zero-order valence-corrected chi connectivity index (χ0v) is 15.8. The molecule has 3 rings (SSSR count). The van der Waals surface area contributed by atoms with Crippen molar-refractivity contribution in [1.29, 1.82) is 5.26 Å². The number of carbonyl (C=O) groups excluding carboxylic acids is 2. The molecule has 0 unspecified atom stereocenters. The number of aliphatic hydroxyl groups is 1. The Kier molecular flexibility index (Phi) is 5.45. The molecule has 1 N–H and O–H groups in total. The molecule has 1 aliphatic rings. The first kappa shape index (κ1) is 18.9. The van der Waals surface area contributed by atoms with Gasteiger partial charge in [-0.05, 0) is 54.8 Å². The fraction of sp³-hybridized carbons (Fsp3) is 0.190. The number of imide groups is 1. The summed E-state index contributed by atoms with van der Waals surface area (Å²) in [4.78, 5) is 27.6. The maximum atomic E-state index is 13.1. The maximum absolute atomic E-state index is 13.1. The third-order valence-corrected chi connectivity index (χ3v) is 5.48. The molecule has 27 heavy (non-hydrogen) atoms. The number of aliphatic hydroxyl groups excluding tert-OH is 1. The van der Waals surface area contributed by atoms with Gasteiger partial charge in [-0.1, -0.05) is 18.2 Å². The zero-order valence-electron chi connectivity index (χ0n) is 15.0. The number of hydrogen-bond acceptors (Lipinski definition) is 5. The Bertz CT molecular complexity index is 987. The first-order chi connectivity index (χ1) is 13.0. The molecule has 0 bridgehead atoms. The summed E-state index contributed by atoms with van der Waals surface area (Å²) in [7, 11) is 0. The molecule has 1 aliphatic heterocycles. The Labute approximate surface area is 161 Å². The van der Waals surface area contributed by atoms with Crippen molar-refractivity contribution in [3.05, 3.63) is 69.6 Å². The van der Waals surface area contributed by atoms with Gasteiger partial charge >= 0.3 is 0 Å². The Balaban J connectivity index is 2.07. The van der Waals surface area contributed by atoms with E-state index in [1.54, 1.807) is 24.3 Å². The molecule has 136 valence electrons. The van der Waals surface area contributed by atoms with E-state index in [1.165, 1.54) is 11.8 Å². The summed E-state index contributed by atoms with van der Waals surface area (Å²) in [5.41, 5.74) is 4.05. The molecule has 2 aromatic carbocycles. The number of hydrogen-bond donors (Lipinski definition) is 1. The van der Waals surface area contributed by atoms with Crippen LogP contribution >= 0.6 is 11.8 Å². The van der Waals surface area contributed by atoms with Gasteiger partial charge in [-0.2, -0.15) is 5.26 Å². The van der Waals surface area contributed by atoms with Crippen molar-refractivity contribution in [2.24, 2.45) is 0 Å². The largest absolute Gasteiger partial charge is 0.396 e. The van der Waals surface area contributed by atoms with Crippen molar-refractivity contribution < 1.29 is 14.7 Å². The molecule has 2 aromatic rings. The molecule has 0 atom stereocenters. The Morgan fingerprint density at radius 2 is 1.74 bits per heavy atom. The van der Waals surface area contributed by atoms with Crippen LogP contribution in [0.1, 0.15) is 22.3 Å². The first-order valence-electron chi connectivity index (χ1n) is 8.42. The van der Waals surface area contributed by atoms with E-state index in [2.05, 4.69) is 0 Å². The predicted molar refractivity (Wildman–Crippen MR) is 106 cm³/mol. The SMILES string of the molecule is Cc1ccc(C2=C(SCCO)C(=O)N(c3ccc(C#N)cc3)C2=O)cc1C. The Morgan fingerprint density at radius 1 is 1.04 bits per heavy atom. The number of rotatable bonds is 5. The van der Waals surface area contributed by atoms with Crippen molar-refractivity contribution >= 4 is 34.8 Å². The summed E-state index contributed by atoms with van der Waals surface area (Å²) in [6.45, 7) is 3.85. The molecule has 0 spiro atoms. The van der Waals surface area contributed by atoms with Gasteiger partial charge in [-0.3, -0.25) is 9.59 Å². The molecule has 0 saturated carbocycles. The fourth-order valence-corrected chi connectivity index (χ4v) is 3.72. The molecular weight excluding hydrogens is 360 g/mol. The van der Waals surface area contributed by atoms with Crippen molar-refractivity contribution in [3.63, 3.8) is 0 Å². The van der Waals surface area contributed by atoms with Gasteiger partial charge < -0.3 is 5.11 Å². The van der Waals surface area contributed by atoms with Crippen molar-refractivity contribution in [3.8, 4) is 6.07 Å². The summed E-state index contributed by atoms with van der Waals surface area (Å²) >= 11 is 1.18. The molecule has 0 aliphatic carbocycles. The molecular formula is C21H18N2O3S. The second kappa shape index (κ2) is 7.78. The molecule has 0 radical (unpaired) electrons. The number of nitrogens with zero attached hydrogens (tertiary/aromatic N) is 2. The van der Waals surface area contributed by atoms with Crippen LogP contribution < -0.4 is 4.90 Å². The summed E-state index contributed by atoms with van der Waals surface area (Å²) in [6.07, 6.45) is 0. The minimum atomic E-state index is -0.406. The standard InChI is InChI=1S/C21H18N2O3S/c1-13-3-6-16(11-14(13)2)18-19(27-10-9-24)21(26)23(20(18)25)17-7-4-15(12-22)5-8-17/h3-8,11,24H,9-10H2,1-2H3. The average Bonchev–Trinajstić information content (AvgIpc) is 2.92. The average molecular weight is 378 g/mol.